The maximum absolute atomic E-state index is 11.8. The highest BCUT2D eigenvalue weighted by atomic mass is 16.5. The molecule has 0 heterocycles. The second-order valence-corrected chi connectivity index (χ2v) is 5.04. The lowest BCUT2D eigenvalue weighted by molar-refractivity contribution is -0.120. The summed E-state index contributed by atoms with van der Waals surface area (Å²) in [5.74, 6) is 0.821. The van der Waals surface area contributed by atoms with Gasteiger partial charge in [0.25, 0.3) is 0 Å². The fraction of sp³-hybridized carbons (Fsp3) is 0.278. The van der Waals surface area contributed by atoms with Crippen LogP contribution in [0.5, 0.6) is 5.75 Å². The summed E-state index contributed by atoms with van der Waals surface area (Å²) in [5, 5.41) is 6.05. The van der Waals surface area contributed by atoms with Crippen LogP contribution in [0.25, 0.3) is 0 Å². The Balaban J connectivity index is 1.61. The summed E-state index contributed by atoms with van der Waals surface area (Å²) in [7, 11) is 1.64. The van der Waals surface area contributed by atoms with Crippen LogP contribution in [-0.4, -0.2) is 26.1 Å². The van der Waals surface area contributed by atoms with Crippen LogP contribution in [0.3, 0.4) is 0 Å². The van der Waals surface area contributed by atoms with Crippen LogP contribution in [0.15, 0.2) is 54.6 Å². The molecule has 1 amide bonds. The normalized spacial score (nSPS) is 10.2. The first-order valence-corrected chi connectivity index (χ1v) is 7.42. The number of methoxy groups -OCH3 is 1. The van der Waals surface area contributed by atoms with Gasteiger partial charge in [0.15, 0.2) is 0 Å². The minimum absolute atomic E-state index is 0.00359. The number of hydrogen-bond donors (Lipinski definition) is 2. The van der Waals surface area contributed by atoms with Crippen molar-refractivity contribution < 1.29 is 9.53 Å². The van der Waals surface area contributed by atoms with Crippen LogP contribution in [0.2, 0.25) is 0 Å². The molecule has 0 saturated heterocycles. The molecule has 4 heteroatoms. The van der Waals surface area contributed by atoms with Crippen molar-refractivity contribution in [3.8, 4) is 5.75 Å². The summed E-state index contributed by atoms with van der Waals surface area (Å²) in [6.45, 7) is 1.66. The van der Waals surface area contributed by atoms with Gasteiger partial charge in [-0.25, -0.2) is 0 Å². The van der Waals surface area contributed by atoms with Crippen molar-refractivity contribution in [2.75, 3.05) is 20.2 Å². The van der Waals surface area contributed by atoms with Crippen LogP contribution in [0.4, 0.5) is 0 Å². The van der Waals surface area contributed by atoms with Crippen LogP contribution in [0, 0.1) is 0 Å². The van der Waals surface area contributed by atoms with Crippen LogP contribution in [0.1, 0.15) is 11.1 Å². The number of amides is 1. The summed E-state index contributed by atoms with van der Waals surface area (Å²) in [5.41, 5.74) is 2.33. The molecule has 0 radical (unpaired) electrons. The lowest BCUT2D eigenvalue weighted by atomic mass is 10.1. The van der Waals surface area contributed by atoms with Crippen molar-refractivity contribution in [1.82, 2.24) is 10.6 Å². The first-order valence-electron chi connectivity index (χ1n) is 7.42. The number of nitrogens with one attached hydrogen (secondary N) is 2. The van der Waals surface area contributed by atoms with Gasteiger partial charge in [0.05, 0.1) is 13.7 Å². The highest BCUT2D eigenvalue weighted by Gasteiger charge is 2.01. The van der Waals surface area contributed by atoms with Gasteiger partial charge in [-0.3, -0.25) is 4.79 Å². The van der Waals surface area contributed by atoms with Gasteiger partial charge in [-0.1, -0.05) is 42.5 Å². The van der Waals surface area contributed by atoms with Crippen molar-refractivity contribution in [3.05, 3.63) is 65.7 Å². The van der Waals surface area contributed by atoms with Crippen molar-refractivity contribution >= 4 is 5.91 Å². The number of ether oxygens (including phenoxy) is 1. The van der Waals surface area contributed by atoms with Gasteiger partial charge in [-0.15, -0.1) is 0 Å². The molecule has 0 aliphatic carbocycles. The van der Waals surface area contributed by atoms with E-state index in [1.807, 2.05) is 42.5 Å². The summed E-state index contributed by atoms with van der Waals surface area (Å²) < 4.78 is 5.10. The zero-order chi connectivity index (χ0) is 15.6. The van der Waals surface area contributed by atoms with Gasteiger partial charge < -0.3 is 15.4 Å². The molecular weight excluding hydrogens is 276 g/mol. The molecule has 2 N–H and O–H groups in total. The maximum Gasteiger partial charge on any atom is 0.234 e. The van der Waals surface area contributed by atoms with E-state index in [0.717, 1.165) is 24.3 Å². The Morgan fingerprint density at radius 1 is 1.00 bits per heavy atom. The number of benzene rings is 2. The number of rotatable bonds is 8. The topological polar surface area (TPSA) is 50.4 Å². The molecule has 2 rings (SSSR count). The third kappa shape index (κ3) is 5.58. The third-order valence-electron chi connectivity index (χ3n) is 3.37. The minimum atomic E-state index is 0.00359. The molecule has 0 unspecified atom stereocenters. The van der Waals surface area contributed by atoms with Gasteiger partial charge >= 0.3 is 0 Å². The van der Waals surface area contributed by atoms with E-state index >= 15 is 0 Å². The molecule has 0 aliphatic rings. The van der Waals surface area contributed by atoms with E-state index in [4.69, 9.17) is 4.74 Å². The molecule has 2 aromatic rings. The summed E-state index contributed by atoms with van der Waals surface area (Å²) in [4.78, 5) is 11.8. The smallest absolute Gasteiger partial charge is 0.234 e. The lowest BCUT2D eigenvalue weighted by Gasteiger charge is -2.07. The van der Waals surface area contributed by atoms with E-state index in [0.29, 0.717) is 13.1 Å². The number of hydrogen-bond acceptors (Lipinski definition) is 3. The van der Waals surface area contributed by atoms with Crippen LogP contribution >= 0.6 is 0 Å². The molecule has 116 valence electrons. The van der Waals surface area contributed by atoms with Gasteiger partial charge in [0.1, 0.15) is 5.75 Å². The quantitative estimate of drug-likeness (QED) is 0.734. The molecule has 4 nitrogen and oxygen atoms in total. The third-order valence-corrected chi connectivity index (χ3v) is 3.37. The van der Waals surface area contributed by atoms with Gasteiger partial charge in [0, 0.05) is 6.54 Å². The van der Waals surface area contributed by atoms with E-state index < -0.39 is 0 Å². The largest absolute Gasteiger partial charge is 0.497 e. The second-order valence-electron chi connectivity index (χ2n) is 5.04. The van der Waals surface area contributed by atoms with E-state index in [2.05, 4.69) is 22.8 Å². The number of carbonyl (C=O) groups is 1. The fourth-order valence-corrected chi connectivity index (χ4v) is 2.09. The highest BCUT2D eigenvalue weighted by molar-refractivity contribution is 5.77. The molecule has 0 aliphatic heterocycles. The molecule has 0 aromatic heterocycles. The molecule has 22 heavy (non-hydrogen) atoms. The van der Waals surface area contributed by atoms with Crippen LogP contribution < -0.4 is 15.4 Å². The first kappa shape index (κ1) is 16.0. The monoisotopic (exact) mass is 298 g/mol. The fourth-order valence-electron chi connectivity index (χ4n) is 2.09. The Morgan fingerprint density at radius 2 is 1.73 bits per heavy atom. The molecule has 0 bridgehead atoms. The SMILES string of the molecule is COc1ccc(CNC(=O)CNCCc2ccccc2)cc1. The predicted molar refractivity (Wildman–Crippen MR) is 87.9 cm³/mol. The average molecular weight is 298 g/mol. The first-order chi connectivity index (χ1) is 10.8. The molecule has 0 atom stereocenters. The molecule has 0 saturated carbocycles. The summed E-state index contributed by atoms with van der Waals surface area (Å²) in [6, 6.07) is 17.9. The number of carbonyl (C=O) groups excluding carboxylic acids is 1. The van der Waals surface area contributed by atoms with Gasteiger partial charge in [-0.2, -0.15) is 0 Å². The van der Waals surface area contributed by atoms with Crippen LogP contribution in [-0.2, 0) is 17.8 Å². The standard InChI is InChI=1S/C18H22N2O2/c1-22-17-9-7-16(8-10-17)13-20-18(21)14-19-12-11-15-5-3-2-4-6-15/h2-10,19H,11-14H2,1H3,(H,20,21). The van der Waals surface area contributed by atoms with E-state index in [-0.39, 0.29) is 5.91 Å². The van der Waals surface area contributed by atoms with E-state index in [1.54, 1.807) is 7.11 Å². The maximum atomic E-state index is 11.8. The Morgan fingerprint density at radius 3 is 2.41 bits per heavy atom. The van der Waals surface area contributed by atoms with Crippen molar-refractivity contribution in [1.29, 1.82) is 0 Å². The van der Waals surface area contributed by atoms with Crippen molar-refractivity contribution in [3.63, 3.8) is 0 Å². The molecule has 0 spiro atoms. The Labute approximate surface area is 131 Å². The van der Waals surface area contributed by atoms with Crippen molar-refractivity contribution in [2.45, 2.75) is 13.0 Å². The molecular formula is C18H22N2O2. The van der Waals surface area contributed by atoms with Crippen molar-refractivity contribution in [2.24, 2.45) is 0 Å². The lowest BCUT2D eigenvalue weighted by Crippen LogP contribution is -2.34. The van der Waals surface area contributed by atoms with E-state index in [1.165, 1.54) is 5.56 Å². The predicted octanol–water partition coefficient (Wildman–Crippen LogP) is 2.14. The highest BCUT2D eigenvalue weighted by Crippen LogP contribution is 2.10. The van der Waals surface area contributed by atoms with Gasteiger partial charge in [0.2, 0.25) is 5.91 Å². The van der Waals surface area contributed by atoms with E-state index in [9.17, 15) is 4.79 Å². The Hall–Kier alpha value is -2.33. The zero-order valence-corrected chi connectivity index (χ0v) is 12.8. The Bertz CT molecular complexity index is 567. The zero-order valence-electron chi connectivity index (χ0n) is 12.8. The second kappa shape index (κ2) is 8.85. The van der Waals surface area contributed by atoms with Gasteiger partial charge in [-0.05, 0) is 36.2 Å². The molecule has 0 fully saturated rings. The summed E-state index contributed by atoms with van der Waals surface area (Å²) in [6.07, 6.45) is 0.923. The summed E-state index contributed by atoms with van der Waals surface area (Å²) >= 11 is 0. The molecule has 2 aromatic carbocycles. The minimum Gasteiger partial charge on any atom is -0.497 e. The Kier molecular flexibility index (Phi) is 6.45. The average Bonchev–Trinajstić information content (AvgIpc) is 2.58.